The van der Waals surface area contributed by atoms with Gasteiger partial charge in [0.2, 0.25) is 0 Å². The van der Waals surface area contributed by atoms with Gasteiger partial charge in [0, 0.05) is 24.6 Å². The van der Waals surface area contributed by atoms with Gasteiger partial charge >= 0.3 is 0 Å². The molecule has 0 fully saturated rings. The van der Waals surface area contributed by atoms with Gasteiger partial charge in [-0.15, -0.1) is 0 Å². The summed E-state index contributed by atoms with van der Waals surface area (Å²) in [4.78, 5) is 0. The number of hydrogen-bond donors (Lipinski definition) is 1. The first-order chi connectivity index (χ1) is 9.31. The normalized spacial score (nSPS) is 9.95. The average molecular weight is 262 g/mol. The minimum atomic E-state index is 0.446. The van der Waals surface area contributed by atoms with Crippen LogP contribution in [0.4, 0.5) is 0 Å². The number of hydrogen-bond acceptors (Lipinski definition) is 4. The lowest BCUT2D eigenvalue weighted by atomic mass is 10.2. The van der Waals surface area contributed by atoms with E-state index >= 15 is 0 Å². The standard InChI is InChI=1S/C15H22N2O2/c1-2-9-18-14-7-6-13(12-17)15(11-14)19-10-5-3-4-8-16/h6-7,11H,2-5,9-10,12,17H2,1H3. The highest BCUT2D eigenvalue weighted by atomic mass is 16.5. The molecular formula is C15H22N2O2. The number of nitrogens with zero attached hydrogens (tertiary/aromatic N) is 1. The minimum Gasteiger partial charge on any atom is -0.493 e. The van der Waals surface area contributed by atoms with E-state index in [2.05, 4.69) is 13.0 Å². The van der Waals surface area contributed by atoms with Gasteiger partial charge in [-0.25, -0.2) is 0 Å². The van der Waals surface area contributed by atoms with Gasteiger partial charge in [0.25, 0.3) is 0 Å². The summed E-state index contributed by atoms with van der Waals surface area (Å²) in [6.07, 6.45) is 3.29. The van der Waals surface area contributed by atoms with E-state index in [9.17, 15) is 0 Å². The Bertz CT molecular complexity index is 413. The SMILES string of the molecule is CCCOc1ccc(CN)c(OCCCCC#N)c1. The van der Waals surface area contributed by atoms with Crippen molar-refractivity contribution in [3.05, 3.63) is 23.8 Å². The van der Waals surface area contributed by atoms with E-state index in [1.54, 1.807) is 0 Å². The quantitative estimate of drug-likeness (QED) is 0.695. The van der Waals surface area contributed by atoms with Crippen LogP contribution in [0, 0.1) is 11.3 Å². The van der Waals surface area contributed by atoms with Crippen LogP contribution in [0.25, 0.3) is 0 Å². The molecule has 0 amide bonds. The molecule has 0 unspecified atom stereocenters. The largest absolute Gasteiger partial charge is 0.493 e. The van der Waals surface area contributed by atoms with Crippen LogP contribution in [0.3, 0.4) is 0 Å². The van der Waals surface area contributed by atoms with Crippen LogP contribution >= 0.6 is 0 Å². The number of benzene rings is 1. The zero-order chi connectivity index (χ0) is 13.9. The molecule has 0 saturated heterocycles. The molecular weight excluding hydrogens is 240 g/mol. The first kappa shape index (κ1) is 15.3. The van der Waals surface area contributed by atoms with Gasteiger partial charge in [-0.2, -0.15) is 5.26 Å². The van der Waals surface area contributed by atoms with Crippen molar-refractivity contribution in [1.82, 2.24) is 0 Å². The van der Waals surface area contributed by atoms with Crippen molar-refractivity contribution >= 4 is 0 Å². The van der Waals surface area contributed by atoms with Crippen LogP contribution in [0.5, 0.6) is 11.5 Å². The van der Waals surface area contributed by atoms with E-state index in [1.807, 2.05) is 18.2 Å². The molecule has 1 aromatic carbocycles. The Hall–Kier alpha value is -1.73. The minimum absolute atomic E-state index is 0.446. The van der Waals surface area contributed by atoms with Crippen LogP contribution in [0.1, 0.15) is 38.2 Å². The summed E-state index contributed by atoms with van der Waals surface area (Å²) in [7, 11) is 0. The third kappa shape index (κ3) is 5.62. The maximum atomic E-state index is 8.46. The maximum Gasteiger partial charge on any atom is 0.127 e. The van der Waals surface area contributed by atoms with Gasteiger partial charge in [-0.05, 0) is 25.3 Å². The summed E-state index contributed by atoms with van der Waals surface area (Å²) in [5.41, 5.74) is 6.66. The van der Waals surface area contributed by atoms with Gasteiger partial charge in [0.15, 0.2) is 0 Å². The lowest BCUT2D eigenvalue weighted by Gasteiger charge is -2.12. The molecule has 4 heteroatoms. The van der Waals surface area contributed by atoms with Crippen molar-refractivity contribution < 1.29 is 9.47 Å². The van der Waals surface area contributed by atoms with Gasteiger partial charge in [0.05, 0.1) is 19.3 Å². The molecule has 0 aromatic heterocycles. The van der Waals surface area contributed by atoms with E-state index in [4.69, 9.17) is 20.5 Å². The summed E-state index contributed by atoms with van der Waals surface area (Å²) in [6, 6.07) is 7.87. The highest BCUT2D eigenvalue weighted by Gasteiger charge is 2.05. The van der Waals surface area contributed by atoms with Crippen molar-refractivity contribution in [2.45, 2.75) is 39.2 Å². The molecule has 0 spiro atoms. The van der Waals surface area contributed by atoms with Gasteiger partial charge < -0.3 is 15.2 Å². The topological polar surface area (TPSA) is 68.3 Å². The van der Waals surface area contributed by atoms with Crippen molar-refractivity contribution in [2.75, 3.05) is 13.2 Å². The molecule has 0 aliphatic carbocycles. The van der Waals surface area contributed by atoms with Crippen LogP contribution in [0.15, 0.2) is 18.2 Å². The fraction of sp³-hybridized carbons (Fsp3) is 0.533. The number of unbranched alkanes of at least 4 members (excludes halogenated alkanes) is 2. The Kier molecular flexibility index (Phi) is 7.45. The molecule has 0 aliphatic heterocycles. The second kappa shape index (κ2) is 9.23. The fourth-order valence-corrected chi connectivity index (χ4v) is 1.64. The average Bonchev–Trinajstić information content (AvgIpc) is 2.45. The summed E-state index contributed by atoms with van der Waals surface area (Å²) < 4.78 is 11.3. The van der Waals surface area contributed by atoms with E-state index in [-0.39, 0.29) is 0 Å². The molecule has 0 bridgehead atoms. The summed E-state index contributed by atoms with van der Waals surface area (Å²) in [5.74, 6) is 1.60. The Morgan fingerprint density at radius 1 is 1.21 bits per heavy atom. The third-order valence-electron chi connectivity index (χ3n) is 2.67. The van der Waals surface area contributed by atoms with E-state index in [1.165, 1.54) is 0 Å². The predicted molar refractivity (Wildman–Crippen MR) is 75.1 cm³/mol. The third-order valence-corrected chi connectivity index (χ3v) is 2.67. The highest BCUT2D eigenvalue weighted by molar-refractivity contribution is 5.40. The number of rotatable bonds is 9. The molecule has 0 atom stereocenters. The molecule has 19 heavy (non-hydrogen) atoms. The highest BCUT2D eigenvalue weighted by Crippen LogP contribution is 2.25. The summed E-state index contributed by atoms with van der Waals surface area (Å²) >= 11 is 0. The van der Waals surface area contributed by atoms with Crippen molar-refractivity contribution in [1.29, 1.82) is 5.26 Å². The first-order valence-corrected chi connectivity index (χ1v) is 6.77. The molecule has 4 nitrogen and oxygen atoms in total. The van der Waals surface area contributed by atoms with Crippen LogP contribution in [-0.2, 0) is 6.54 Å². The van der Waals surface area contributed by atoms with Crippen LogP contribution in [-0.4, -0.2) is 13.2 Å². The Labute approximate surface area is 115 Å². The molecule has 104 valence electrons. The smallest absolute Gasteiger partial charge is 0.127 e. The summed E-state index contributed by atoms with van der Waals surface area (Å²) in [5, 5.41) is 8.46. The molecule has 0 heterocycles. The second-order valence-corrected chi connectivity index (χ2v) is 4.29. The van der Waals surface area contributed by atoms with Crippen molar-refractivity contribution in [3.63, 3.8) is 0 Å². The molecule has 1 aromatic rings. The first-order valence-electron chi connectivity index (χ1n) is 6.77. The maximum absolute atomic E-state index is 8.46. The van der Waals surface area contributed by atoms with Crippen LogP contribution in [0.2, 0.25) is 0 Å². The number of nitrogens with two attached hydrogens (primary N) is 1. The van der Waals surface area contributed by atoms with Crippen molar-refractivity contribution in [2.24, 2.45) is 5.73 Å². The van der Waals surface area contributed by atoms with E-state index < -0.39 is 0 Å². The zero-order valence-corrected chi connectivity index (χ0v) is 11.5. The lowest BCUT2D eigenvalue weighted by molar-refractivity contribution is 0.294. The number of ether oxygens (including phenoxy) is 2. The predicted octanol–water partition coefficient (Wildman–Crippen LogP) is 3.01. The molecule has 0 radical (unpaired) electrons. The Balaban J connectivity index is 2.55. The monoisotopic (exact) mass is 262 g/mol. The van der Waals surface area contributed by atoms with Gasteiger partial charge in [-0.3, -0.25) is 0 Å². The molecule has 0 aliphatic rings. The van der Waals surface area contributed by atoms with E-state index in [0.29, 0.717) is 26.2 Å². The van der Waals surface area contributed by atoms with Crippen LogP contribution < -0.4 is 15.2 Å². The Morgan fingerprint density at radius 2 is 2.05 bits per heavy atom. The Morgan fingerprint density at radius 3 is 2.74 bits per heavy atom. The molecule has 1 rings (SSSR count). The van der Waals surface area contributed by atoms with E-state index in [0.717, 1.165) is 36.3 Å². The second-order valence-electron chi connectivity index (χ2n) is 4.29. The van der Waals surface area contributed by atoms with Crippen molar-refractivity contribution in [3.8, 4) is 17.6 Å². The zero-order valence-electron chi connectivity index (χ0n) is 11.5. The van der Waals surface area contributed by atoms with Gasteiger partial charge in [0.1, 0.15) is 11.5 Å². The molecule has 2 N–H and O–H groups in total. The van der Waals surface area contributed by atoms with Gasteiger partial charge in [-0.1, -0.05) is 13.0 Å². The number of nitriles is 1. The lowest BCUT2D eigenvalue weighted by Crippen LogP contribution is -2.05. The molecule has 0 saturated carbocycles. The fourth-order valence-electron chi connectivity index (χ4n) is 1.64. The summed E-state index contributed by atoms with van der Waals surface area (Å²) in [6.45, 7) is 3.82.